The van der Waals surface area contributed by atoms with Crippen LogP contribution in [0.2, 0.25) is 5.02 Å². The largest absolute Gasteiger partial charge is 0.0900 e. The molecule has 0 atom stereocenters. The lowest BCUT2D eigenvalue weighted by Gasteiger charge is -2.07. The lowest BCUT2D eigenvalue weighted by molar-refractivity contribution is 1.31. The molecule has 0 fully saturated rings. The number of benzene rings is 3. The first-order valence-corrected chi connectivity index (χ1v) is 8.57. The molecule has 0 bridgehead atoms. The van der Waals surface area contributed by atoms with E-state index in [1.165, 1.54) is 9.79 Å². The van der Waals surface area contributed by atoms with E-state index in [4.69, 9.17) is 11.6 Å². The van der Waals surface area contributed by atoms with Crippen LogP contribution in [0.15, 0.2) is 98.4 Å². The molecule has 0 spiro atoms. The second-order valence-corrected chi connectivity index (χ2v) is 7.18. The smallest absolute Gasteiger partial charge is 0.0428 e. The molecule has 0 aromatic heterocycles. The van der Waals surface area contributed by atoms with E-state index >= 15 is 0 Å². The zero-order valence-corrected chi connectivity index (χ0v) is 13.6. The van der Waals surface area contributed by atoms with Gasteiger partial charge in [0.15, 0.2) is 0 Å². The molecule has 0 nitrogen and oxygen atoms in total. The Morgan fingerprint density at radius 3 is 1.38 bits per heavy atom. The molecule has 0 aliphatic heterocycles. The summed E-state index contributed by atoms with van der Waals surface area (Å²) in [4.78, 5) is 4.75. The Bertz CT molecular complexity index is 652. The van der Waals surface area contributed by atoms with Gasteiger partial charge in [-0.15, -0.1) is 0 Å². The maximum Gasteiger partial charge on any atom is 0.0428 e. The van der Waals surface area contributed by atoms with Gasteiger partial charge in [-0.25, -0.2) is 0 Å². The van der Waals surface area contributed by atoms with Crippen LogP contribution in [-0.4, -0.2) is 0 Å². The maximum absolute atomic E-state index is 6.26. The molecule has 0 aliphatic carbocycles. The molecule has 3 heteroatoms. The van der Waals surface area contributed by atoms with Gasteiger partial charge in [0, 0.05) is 24.6 Å². The van der Waals surface area contributed by atoms with Gasteiger partial charge in [-0.2, -0.15) is 0 Å². The predicted octanol–water partition coefficient (Wildman–Crippen LogP) is 6.64. The molecule has 3 rings (SSSR count). The van der Waals surface area contributed by atoms with E-state index in [1.807, 2.05) is 48.5 Å². The summed E-state index contributed by atoms with van der Waals surface area (Å²) in [5.74, 6) is 0. The third-order valence-corrected chi connectivity index (χ3v) is 4.98. The van der Waals surface area contributed by atoms with Crippen LogP contribution < -0.4 is 0 Å². The van der Waals surface area contributed by atoms with Crippen molar-refractivity contribution in [2.75, 3.05) is 0 Å². The van der Waals surface area contributed by atoms with Crippen molar-refractivity contribution in [3.63, 3.8) is 0 Å². The molecule has 0 saturated heterocycles. The van der Waals surface area contributed by atoms with Gasteiger partial charge < -0.3 is 0 Å². The molecule has 3 aromatic carbocycles. The van der Waals surface area contributed by atoms with Crippen LogP contribution >= 0.6 is 35.1 Å². The average molecular weight is 329 g/mol. The lowest BCUT2D eigenvalue weighted by Crippen LogP contribution is -1.78. The molecule has 104 valence electrons. The SMILES string of the molecule is Clc1cc(Sc2ccccc2)cc(Sc2ccccc2)c1. The van der Waals surface area contributed by atoms with Crippen molar-refractivity contribution in [3.05, 3.63) is 83.9 Å². The first-order chi connectivity index (χ1) is 10.3. The fourth-order valence-corrected chi connectivity index (χ4v) is 4.22. The van der Waals surface area contributed by atoms with Crippen LogP contribution in [-0.2, 0) is 0 Å². The van der Waals surface area contributed by atoms with Crippen molar-refractivity contribution < 1.29 is 0 Å². The minimum atomic E-state index is 0.773. The number of rotatable bonds is 4. The van der Waals surface area contributed by atoms with Gasteiger partial charge in [0.2, 0.25) is 0 Å². The Hall–Kier alpha value is -1.35. The van der Waals surface area contributed by atoms with Crippen LogP contribution in [0.1, 0.15) is 0 Å². The van der Waals surface area contributed by atoms with E-state index in [9.17, 15) is 0 Å². The molecule has 3 aromatic rings. The fraction of sp³-hybridized carbons (Fsp3) is 0. The average Bonchev–Trinajstić information content (AvgIpc) is 2.48. The quantitative estimate of drug-likeness (QED) is 0.526. The Morgan fingerprint density at radius 1 is 0.524 bits per heavy atom. The number of hydrogen-bond acceptors (Lipinski definition) is 2. The molecular formula is C18H13ClS2. The summed E-state index contributed by atoms with van der Waals surface area (Å²) in [5.41, 5.74) is 0. The van der Waals surface area contributed by atoms with E-state index in [0.717, 1.165) is 14.8 Å². The molecule has 0 heterocycles. The highest BCUT2D eigenvalue weighted by Gasteiger charge is 2.04. The van der Waals surface area contributed by atoms with Crippen molar-refractivity contribution in [1.82, 2.24) is 0 Å². The van der Waals surface area contributed by atoms with Gasteiger partial charge in [-0.1, -0.05) is 71.5 Å². The summed E-state index contributed by atoms with van der Waals surface area (Å²) in [6.45, 7) is 0. The highest BCUT2D eigenvalue weighted by Crippen LogP contribution is 2.35. The molecule has 0 amide bonds. The van der Waals surface area contributed by atoms with Crippen molar-refractivity contribution >= 4 is 35.1 Å². The summed E-state index contributed by atoms with van der Waals surface area (Å²) in [6.07, 6.45) is 0. The summed E-state index contributed by atoms with van der Waals surface area (Å²) in [5, 5.41) is 0.773. The molecule has 0 radical (unpaired) electrons. The van der Waals surface area contributed by atoms with E-state index in [-0.39, 0.29) is 0 Å². The van der Waals surface area contributed by atoms with Crippen molar-refractivity contribution in [3.8, 4) is 0 Å². The number of hydrogen-bond donors (Lipinski definition) is 0. The Kier molecular flexibility index (Phi) is 4.91. The van der Waals surface area contributed by atoms with E-state index in [1.54, 1.807) is 23.5 Å². The highest BCUT2D eigenvalue weighted by atomic mass is 35.5. The lowest BCUT2D eigenvalue weighted by atomic mass is 10.4. The van der Waals surface area contributed by atoms with Gasteiger partial charge in [0.1, 0.15) is 0 Å². The minimum absolute atomic E-state index is 0.773. The standard InChI is InChI=1S/C18H13ClS2/c19-14-11-17(20-15-7-3-1-4-8-15)13-18(12-14)21-16-9-5-2-6-10-16/h1-13H. The maximum atomic E-state index is 6.26. The van der Waals surface area contributed by atoms with Gasteiger partial charge in [-0.3, -0.25) is 0 Å². The van der Waals surface area contributed by atoms with Gasteiger partial charge in [0.05, 0.1) is 0 Å². The van der Waals surface area contributed by atoms with Crippen molar-refractivity contribution in [2.45, 2.75) is 19.6 Å². The van der Waals surface area contributed by atoms with E-state index in [2.05, 4.69) is 30.3 Å². The zero-order valence-electron chi connectivity index (χ0n) is 11.2. The summed E-state index contributed by atoms with van der Waals surface area (Å²) < 4.78 is 0. The summed E-state index contributed by atoms with van der Waals surface area (Å²) >= 11 is 9.71. The van der Waals surface area contributed by atoms with Gasteiger partial charge in [0.25, 0.3) is 0 Å². The minimum Gasteiger partial charge on any atom is -0.0900 e. The van der Waals surface area contributed by atoms with Gasteiger partial charge >= 0.3 is 0 Å². The van der Waals surface area contributed by atoms with Gasteiger partial charge in [-0.05, 0) is 42.5 Å². The highest BCUT2D eigenvalue weighted by molar-refractivity contribution is 8.00. The fourth-order valence-electron chi connectivity index (χ4n) is 1.90. The molecule has 0 unspecified atom stereocenters. The molecule has 0 saturated carbocycles. The predicted molar refractivity (Wildman–Crippen MR) is 92.6 cm³/mol. The monoisotopic (exact) mass is 328 g/mol. The zero-order chi connectivity index (χ0) is 14.5. The molecule has 0 N–H and O–H groups in total. The normalized spacial score (nSPS) is 10.5. The molecular weight excluding hydrogens is 316 g/mol. The Morgan fingerprint density at radius 2 is 0.952 bits per heavy atom. The van der Waals surface area contributed by atoms with Crippen LogP contribution in [0.4, 0.5) is 0 Å². The van der Waals surface area contributed by atoms with Crippen molar-refractivity contribution in [1.29, 1.82) is 0 Å². The second kappa shape index (κ2) is 7.08. The van der Waals surface area contributed by atoms with Crippen LogP contribution in [0.3, 0.4) is 0 Å². The summed E-state index contributed by atoms with van der Waals surface area (Å²) in [7, 11) is 0. The third-order valence-electron chi connectivity index (χ3n) is 2.80. The van der Waals surface area contributed by atoms with Crippen LogP contribution in [0, 0.1) is 0 Å². The Labute approximate surface area is 138 Å². The topological polar surface area (TPSA) is 0 Å². The first kappa shape index (κ1) is 14.6. The van der Waals surface area contributed by atoms with Crippen LogP contribution in [0.25, 0.3) is 0 Å². The Balaban J connectivity index is 1.83. The van der Waals surface area contributed by atoms with Crippen molar-refractivity contribution in [2.24, 2.45) is 0 Å². The molecule has 0 aliphatic rings. The second-order valence-electron chi connectivity index (χ2n) is 4.45. The number of halogens is 1. The first-order valence-electron chi connectivity index (χ1n) is 6.56. The van der Waals surface area contributed by atoms with Crippen LogP contribution in [0.5, 0.6) is 0 Å². The summed E-state index contributed by atoms with van der Waals surface area (Å²) in [6, 6.07) is 26.9. The van der Waals surface area contributed by atoms with E-state index < -0.39 is 0 Å². The van der Waals surface area contributed by atoms with E-state index in [0.29, 0.717) is 0 Å². The molecule has 21 heavy (non-hydrogen) atoms. The third kappa shape index (κ3) is 4.31.